The van der Waals surface area contributed by atoms with Crippen molar-refractivity contribution in [1.29, 1.82) is 0 Å². The molecule has 0 aromatic carbocycles. The fraction of sp³-hybridized carbons (Fsp3) is 0.450. The number of thiophene rings is 1. The molecule has 1 aliphatic heterocycles. The molecule has 148 valence electrons. The summed E-state index contributed by atoms with van der Waals surface area (Å²) in [5, 5.41) is 11.9. The highest BCUT2D eigenvalue weighted by Crippen LogP contribution is 2.44. The van der Waals surface area contributed by atoms with Crippen molar-refractivity contribution in [2.75, 3.05) is 18.4 Å². The summed E-state index contributed by atoms with van der Waals surface area (Å²) in [4.78, 5) is 22.8. The Morgan fingerprint density at radius 1 is 1.39 bits per heavy atom. The van der Waals surface area contributed by atoms with Gasteiger partial charge in [0.2, 0.25) is 5.91 Å². The van der Waals surface area contributed by atoms with Gasteiger partial charge < -0.3 is 16.0 Å². The first kappa shape index (κ1) is 19.4. The number of nitrogens with zero attached hydrogens (tertiary/aromatic N) is 2. The van der Waals surface area contributed by atoms with Crippen molar-refractivity contribution in [3.8, 4) is 10.6 Å². The Labute approximate surface area is 172 Å². The Morgan fingerprint density at radius 3 is 3.11 bits per heavy atom. The number of amides is 1. The summed E-state index contributed by atoms with van der Waals surface area (Å²) in [6.07, 6.45) is 6.08. The highest BCUT2D eigenvalue weighted by atomic mass is 32.1. The maximum Gasteiger partial charge on any atom is 0.226 e. The quantitative estimate of drug-likeness (QED) is 0.547. The van der Waals surface area contributed by atoms with Crippen LogP contribution < -0.4 is 16.0 Å². The van der Waals surface area contributed by atoms with Crippen LogP contribution in [-0.2, 0) is 17.8 Å². The van der Waals surface area contributed by atoms with Crippen LogP contribution in [0.4, 0.5) is 5.00 Å². The molecular formula is C20H25N5OS2. The third-order valence-electron chi connectivity index (χ3n) is 5.04. The van der Waals surface area contributed by atoms with E-state index in [1.807, 2.05) is 6.07 Å². The fourth-order valence-electron chi connectivity index (χ4n) is 3.30. The molecule has 0 radical (unpaired) electrons. The predicted molar refractivity (Wildman–Crippen MR) is 117 cm³/mol. The van der Waals surface area contributed by atoms with Gasteiger partial charge >= 0.3 is 0 Å². The monoisotopic (exact) mass is 415 g/mol. The van der Waals surface area contributed by atoms with Crippen LogP contribution in [0.1, 0.15) is 37.1 Å². The molecule has 0 saturated carbocycles. The molecular weight excluding hydrogens is 390 g/mol. The number of thiazole rings is 1. The van der Waals surface area contributed by atoms with E-state index in [-0.39, 0.29) is 5.91 Å². The van der Waals surface area contributed by atoms with Gasteiger partial charge in [0.15, 0.2) is 0 Å². The van der Waals surface area contributed by atoms with E-state index >= 15 is 0 Å². The molecule has 6 nitrogen and oxygen atoms in total. The lowest BCUT2D eigenvalue weighted by Gasteiger charge is -2.13. The average molecular weight is 416 g/mol. The molecule has 3 aromatic rings. The maximum atomic E-state index is 12.6. The van der Waals surface area contributed by atoms with Gasteiger partial charge in [-0.15, -0.1) is 22.7 Å². The molecule has 28 heavy (non-hydrogen) atoms. The molecule has 4 rings (SSSR count). The summed E-state index contributed by atoms with van der Waals surface area (Å²) in [6, 6.07) is 2.43. The zero-order valence-corrected chi connectivity index (χ0v) is 17.8. The van der Waals surface area contributed by atoms with E-state index in [1.165, 1.54) is 10.4 Å². The minimum atomic E-state index is 0.0476. The number of anilines is 1. The number of rotatable bonds is 7. The van der Waals surface area contributed by atoms with E-state index in [1.54, 1.807) is 35.1 Å². The van der Waals surface area contributed by atoms with Crippen LogP contribution in [0.15, 0.2) is 18.5 Å². The summed E-state index contributed by atoms with van der Waals surface area (Å²) in [5.74, 6) is 0.0476. The first-order valence-corrected chi connectivity index (χ1v) is 11.4. The third kappa shape index (κ3) is 4.10. The van der Waals surface area contributed by atoms with Crippen molar-refractivity contribution in [2.24, 2.45) is 0 Å². The molecule has 0 aliphatic carbocycles. The van der Waals surface area contributed by atoms with Crippen molar-refractivity contribution >= 4 is 43.8 Å². The van der Waals surface area contributed by atoms with Crippen LogP contribution in [0, 0.1) is 0 Å². The highest BCUT2D eigenvalue weighted by molar-refractivity contribution is 7.22. The van der Waals surface area contributed by atoms with Crippen LogP contribution in [0.3, 0.4) is 0 Å². The molecule has 3 N–H and O–H groups in total. The lowest BCUT2D eigenvalue weighted by atomic mass is 10.0. The topological polar surface area (TPSA) is 78.9 Å². The Balaban J connectivity index is 1.60. The van der Waals surface area contributed by atoms with Gasteiger partial charge in [0, 0.05) is 42.2 Å². The molecule has 3 aromatic heterocycles. The molecule has 1 unspecified atom stereocenters. The second kappa shape index (κ2) is 8.65. The Kier molecular flexibility index (Phi) is 6.01. The molecule has 4 heterocycles. The Bertz CT molecular complexity index is 947. The lowest BCUT2D eigenvalue weighted by molar-refractivity contribution is -0.116. The van der Waals surface area contributed by atoms with Gasteiger partial charge in [-0.25, -0.2) is 4.98 Å². The zero-order valence-electron chi connectivity index (χ0n) is 16.2. The van der Waals surface area contributed by atoms with E-state index in [0.717, 1.165) is 51.7 Å². The van der Waals surface area contributed by atoms with E-state index in [9.17, 15) is 4.79 Å². The largest absolute Gasteiger partial charge is 0.317 e. The minimum Gasteiger partial charge on any atom is -0.317 e. The normalized spacial score (nSPS) is 14.8. The number of carbonyl (C=O) groups is 1. The van der Waals surface area contributed by atoms with Gasteiger partial charge in [-0.05, 0) is 37.9 Å². The summed E-state index contributed by atoms with van der Waals surface area (Å²) >= 11 is 3.34. The molecule has 0 saturated heterocycles. The summed E-state index contributed by atoms with van der Waals surface area (Å²) in [7, 11) is 0. The minimum absolute atomic E-state index is 0.0476. The number of nitrogens with one attached hydrogen (secondary N) is 3. The fourth-order valence-corrected chi connectivity index (χ4v) is 5.61. The molecule has 1 aliphatic rings. The Hall–Kier alpha value is -1.87. The van der Waals surface area contributed by atoms with Crippen molar-refractivity contribution in [3.63, 3.8) is 0 Å². The van der Waals surface area contributed by atoms with E-state index in [2.05, 4.69) is 34.8 Å². The third-order valence-corrected chi connectivity index (χ3v) is 7.24. The van der Waals surface area contributed by atoms with Crippen molar-refractivity contribution in [2.45, 2.75) is 45.7 Å². The highest BCUT2D eigenvalue weighted by Gasteiger charge is 2.25. The number of pyridine rings is 1. The summed E-state index contributed by atoms with van der Waals surface area (Å²) < 4.78 is 1.12. The standard InChI is InChI=1S/C20H25N5OS2/c1-3-12(2)23-9-6-17(26)25-20-18(13-4-7-22-11-16(13)28-20)19-24-14-10-21-8-5-15(14)27-19/h5,8,10,12,22-23H,3-4,6-7,9,11H2,1-2H3,(H,25,26). The van der Waals surface area contributed by atoms with Gasteiger partial charge in [0.1, 0.15) is 15.5 Å². The lowest BCUT2D eigenvalue weighted by Crippen LogP contribution is -2.28. The second-order valence-corrected chi connectivity index (χ2v) is 9.19. The van der Waals surface area contributed by atoms with Crippen LogP contribution >= 0.6 is 22.7 Å². The van der Waals surface area contributed by atoms with E-state index < -0.39 is 0 Å². The molecule has 0 bridgehead atoms. The molecule has 1 atom stereocenters. The van der Waals surface area contributed by atoms with Crippen molar-refractivity contribution in [3.05, 3.63) is 28.9 Å². The number of hydrogen-bond acceptors (Lipinski definition) is 7. The maximum absolute atomic E-state index is 12.6. The van der Waals surface area contributed by atoms with Crippen molar-refractivity contribution < 1.29 is 4.79 Å². The van der Waals surface area contributed by atoms with Crippen LogP contribution in [-0.4, -0.2) is 35.0 Å². The molecule has 0 fully saturated rings. The zero-order chi connectivity index (χ0) is 19.5. The molecule has 8 heteroatoms. The smallest absolute Gasteiger partial charge is 0.226 e. The van der Waals surface area contributed by atoms with Crippen LogP contribution in [0.25, 0.3) is 20.8 Å². The number of carbonyl (C=O) groups excluding carboxylic acids is 1. The number of aromatic nitrogens is 2. The van der Waals surface area contributed by atoms with Gasteiger partial charge in [0.05, 0.1) is 10.9 Å². The van der Waals surface area contributed by atoms with Crippen LogP contribution in [0.2, 0.25) is 0 Å². The van der Waals surface area contributed by atoms with Crippen LogP contribution in [0.5, 0.6) is 0 Å². The Morgan fingerprint density at radius 2 is 2.29 bits per heavy atom. The van der Waals surface area contributed by atoms with Crippen molar-refractivity contribution in [1.82, 2.24) is 20.6 Å². The van der Waals surface area contributed by atoms with E-state index in [0.29, 0.717) is 19.0 Å². The SMILES string of the molecule is CCC(C)NCCC(=O)Nc1sc2c(c1-c1nc3cnccc3s1)CCNC2. The second-order valence-electron chi connectivity index (χ2n) is 7.06. The molecule has 1 amide bonds. The van der Waals surface area contributed by atoms with E-state index in [4.69, 9.17) is 4.98 Å². The van der Waals surface area contributed by atoms with Gasteiger partial charge in [0.25, 0.3) is 0 Å². The first-order valence-electron chi connectivity index (χ1n) is 9.75. The predicted octanol–water partition coefficient (Wildman–Crippen LogP) is 3.78. The number of fused-ring (bicyclic) bond motifs is 2. The molecule has 0 spiro atoms. The average Bonchev–Trinajstić information content (AvgIpc) is 3.27. The van der Waals surface area contributed by atoms with Gasteiger partial charge in [-0.3, -0.25) is 9.78 Å². The summed E-state index contributed by atoms with van der Waals surface area (Å²) in [5.41, 5.74) is 3.33. The summed E-state index contributed by atoms with van der Waals surface area (Å²) in [6.45, 7) is 6.77. The number of hydrogen-bond donors (Lipinski definition) is 3. The van der Waals surface area contributed by atoms with Gasteiger partial charge in [-0.1, -0.05) is 6.92 Å². The first-order chi connectivity index (χ1) is 13.7. The van der Waals surface area contributed by atoms with Gasteiger partial charge in [-0.2, -0.15) is 0 Å².